The molecule has 0 amide bonds. The fourth-order valence-electron chi connectivity index (χ4n) is 4.83. The smallest absolute Gasteiger partial charge is 0.228 e. The third-order valence-corrected chi connectivity index (χ3v) is 6.90. The first-order chi connectivity index (χ1) is 15.0. The van der Waals surface area contributed by atoms with Crippen LogP contribution in [0.3, 0.4) is 0 Å². The number of anilines is 2. The number of piperazine rings is 1. The summed E-state index contributed by atoms with van der Waals surface area (Å²) in [5.41, 5.74) is 8.13. The molecular weight excluding hydrogens is 417 g/mol. The van der Waals surface area contributed by atoms with Crippen LogP contribution in [0.25, 0.3) is 22.3 Å². The van der Waals surface area contributed by atoms with Gasteiger partial charge in [0.1, 0.15) is 11.6 Å². The minimum absolute atomic E-state index is 0.0503. The third kappa shape index (κ3) is 3.83. The molecule has 164 valence electrons. The first-order valence-corrected chi connectivity index (χ1v) is 11.3. The lowest BCUT2D eigenvalue weighted by Crippen LogP contribution is -2.51. The highest BCUT2D eigenvalue weighted by atomic mass is 35.5. The van der Waals surface area contributed by atoms with Gasteiger partial charge >= 0.3 is 0 Å². The van der Waals surface area contributed by atoms with Crippen LogP contribution in [0.15, 0.2) is 18.2 Å². The molecule has 1 saturated heterocycles. The number of nitrogens with two attached hydrogens (primary N) is 1. The summed E-state index contributed by atoms with van der Waals surface area (Å²) in [6.07, 6.45) is 6.68. The van der Waals surface area contributed by atoms with Crippen LogP contribution in [0, 0.1) is 5.82 Å². The molecule has 3 aromatic rings. The average molecular weight is 444 g/mol. The van der Waals surface area contributed by atoms with E-state index in [0.717, 1.165) is 26.2 Å². The van der Waals surface area contributed by atoms with Crippen molar-refractivity contribution in [1.29, 1.82) is 0 Å². The Kier molecular flexibility index (Phi) is 5.44. The highest BCUT2D eigenvalue weighted by Gasteiger charge is 2.27. The number of hydrogen-bond donors (Lipinski definition) is 1. The maximum Gasteiger partial charge on any atom is 0.228 e. The molecule has 9 heteroatoms. The lowest BCUT2D eigenvalue weighted by atomic mass is 9.94. The van der Waals surface area contributed by atoms with Crippen LogP contribution in [-0.4, -0.2) is 56.9 Å². The van der Waals surface area contributed by atoms with Crippen molar-refractivity contribution in [3.8, 4) is 11.3 Å². The molecule has 5 rings (SSSR count). The number of halogens is 2. The summed E-state index contributed by atoms with van der Waals surface area (Å²) in [6.45, 7) is 3.75. The molecule has 1 aliphatic heterocycles. The summed E-state index contributed by atoms with van der Waals surface area (Å²) in [7, 11) is 1.78. The van der Waals surface area contributed by atoms with Gasteiger partial charge in [0.05, 0.1) is 16.1 Å². The van der Waals surface area contributed by atoms with Gasteiger partial charge in [0.25, 0.3) is 0 Å². The molecule has 2 aliphatic rings. The highest BCUT2D eigenvalue weighted by molar-refractivity contribution is 6.31. The first kappa shape index (κ1) is 20.5. The van der Waals surface area contributed by atoms with E-state index in [1.165, 1.54) is 38.2 Å². The molecule has 3 heterocycles. The Hall–Kier alpha value is -2.45. The van der Waals surface area contributed by atoms with Gasteiger partial charge in [-0.15, -0.1) is 0 Å². The Morgan fingerprint density at radius 1 is 1.06 bits per heavy atom. The summed E-state index contributed by atoms with van der Waals surface area (Å²) in [5, 5.41) is 5.19. The van der Waals surface area contributed by atoms with Gasteiger partial charge in [-0.3, -0.25) is 9.58 Å². The van der Waals surface area contributed by atoms with Gasteiger partial charge in [-0.25, -0.2) is 9.37 Å². The molecule has 0 bridgehead atoms. The molecule has 31 heavy (non-hydrogen) atoms. The molecule has 2 aromatic heterocycles. The summed E-state index contributed by atoms with van der Waals surface area (Å²) in [5.74, 6) is 0.636. The van der Waals surface area contributed by atoms with Crippen LogP contribution in [0.5, 0.6) is 0 Å². The number of rotatable bonds is 3. The van der Waals surface area contributed by atoms with Gasteiger partial charge in [-0.05, 0) is 31.0 Å². The van der Waals surface area contributed by atoms with Crippen LogP contribution in [-0.2, 0) is 7.05 Å². The van der Waals surface area contributed by atoms with E-state index in [0.29, 0.717) is 40.1 Å². The second kappa shape index (κ2) is 8.24. The van der Waals surface area contributed by atoms with Crippen LogP contribution in [0.2, 0.25) is 5.02 Å². The van der Waals surface area contributed by atoms with Crippen molar-refractivity contribution in [2.75, 3.05) is 36.8 Å². The number of nitrogens with zero attached hydrogens (tertiary/aromatic N) is 6. The maximum atomic E-state index is 13.8. The molecule has 7 nitrogen and oxygen atoms in total. The fraction of sp³-hybridized carbons (Fsp3) is 0.500. The van der Waals surface area contributed by atoms with Crippen LogP contribution >= 0.6 is 11.6 Å². The largest absolute Gasteiger partial charge is 0.383 e. The van der Waals surface area contributed by atoms with Gasteiger partial charge in [-0.2, -0.15) is 10.1 Å². The summed E-state index contributed by atoms with van der Waals surface area (Å²) >= 11 is 6.05. The maximum absolute atomic E-state index is 13.8. The molecule has 0 spiro atoms. The molecule has 0 unspecified atom stereocenters. The van der Waals surface area contributed by atoms with Crippen LogP contribution in [0.1, 0.15) is 32.1 Å². The lowest BCUT2D eigenvalue weighted by molar-refractivity contribution is 0.147. The normalized spacial score (nSPS) is 18.7. The minimum atomic E-state index is -0.464. The van der Waals surface area contributed by atoms with E-state index in [1.807, 2.05) is 0 Å². The van der Waals surface area contributed by atoms with Gasteiger partial charge in [0.2, 0.25) is 5.95 Å². The van der Waals surface area contributed by atoms with E-state index in [1.54, 1.807) is 23.9 Å². The minimum Gasteiger partial charge on any atom is -0.383 e. The van der Waals surface area contributed by atoms with E-state index in [-0.39, 0.29) is 5.02 Å². The van der Waals surface area contributed by atoms with Crippen molar-refractivity contribution >= 4 is 34.4 Å². The van der Waals surface area contributed by atoms with Crippen LogP contribution < -0.4 is 10.6 Å². The van der Waals surface area contributed by atoms with Gasteiger partial charge in [0, 0.05) is 44.8 Å². The molecule has 2 fully saturated rings. The Morgan fingerprint density at radius 3 is 2.52 bits per heavy atom. The van der Waals surface area contributed by atoms with E-state index in [2.05, 4.69) is 14.9 Å². The first-order valence-electron chi connectivity index (χ1n) is 11.0. The summed E-state index contributed by atoms with van der Waals surface area (Å²) in [4.78, 5) is 14.4. The third-order valence-electron chi connectivity index (χ3n) is 6.61. The zero-order chi connectivity index (χ0) is 21.5. The monoisotopic (exact) mass is 443 g/mol. The number of aromatic nitrogens is 4. The SMILES string of the molecule is Cn1nc2nc(N3CCN(C4CCCCC4)CC3)nc(-c3ccc(F)c(Cl)c3)c2c1N. The zero-order valence-electron chi connectivity index (χ0n) is 17.7. The summed E-state index contributed by atoms with van der Waals surface area (Å²) in [6, 6.07) is 5.31. The highest BCUT2D eigenvalue weighted by Crippen LogP contribution is 2.34. The second-order valence-corrected chi connectivity index (χ2v) is 8.93. The van der Waals surface area contributed by atoms with Crippen molar-refractivity contribution in [3.05, 3.63) is 29.0 Å². The Labute approximate surface area is 186 Å². The molecule has 1 aliphatic carbocycles. The zero-order valence-corrected chi connectivity index (χ0v) is 18.4. The fourth-order valence-corrected chi connectivity index (χ4v) is 5.01. The number of aryl methyl sites for hydroxylation is 1. The topological polar surface area (TPSA) is 76.1 Å². The number of nitrogen functional groups attached to an aromatic ring is 1. The van der Waals surface area contributed by atoms with Gasteiger partial charge in [-0.1, -0.05) is 30.9 Å². The Morgan fingerprint density at radius 2 is 1.81 bits per heavy atom. The van der Waals surface area contributed by atoms with Crippen molar-refractivity contribution in [1.82, 2.24) is 24.6 Å². The average Bonchev–Trinajstić information content (AvgIpc) is 3.09. The lowest BCUT2D eigenvalue weighted by Gasteiger charge is -2.40. The van der Waals surface area contributed by atoms with Crippen molar-refractivity contribution in [2.45, 2.75) is 38.1 Å². The van der Waals surface area contributed by atoms with E-state index in [4.69, 9.17) is 27.3 Å². The Bertz CT molecular complexity index is 1100. The quantitative estimate of drug-likeness (QED) is 0.662. The predicted octanol–water partition coefficient (Wildman–Crippen LogP) is 3.86. The molecule has 2 N–H and O–H groups in total. The van der Waals surface area contributed by atoms with Gasteiger partial charge < -0.3 is 10.6 Å². The van der Waals surface area contributed by atoms with E-state index in [9.17, 15) is 4.39 Å². The number of fused-ring (bicyclic) bond motifs is 1. The molecule has 0 atom stereocenters. The van der Waals surface area contributed by atoms with E-state index < -0.39 is 5.82 Å². The standard InChI is InChI=1S/C22H27ClFN7/c1-29-20(25)18-19(14-7-8-17(24)16(23)13-14)26-22(27-21(18)28-29)31-11-9-30(10-12-31)15-5-3-2-4-6-15/h7-8,13,15H,2-6,9-12,25H2,1H3. The van der Waals surface area contributed by atoms with E-state index >= 15 is 0 Å². The predicted molar refractivity (Wildman–Crippen MR) is 122 cm³/mol. The molecule has 1 aromatic carbocycles. The second-order valence-electron chi connectivity index (χ2n) is 8.52. The van der Waals surface area contributed by atoms with Crippen molar-refractivity contribution in [2.24, 2.45) is 7.05 Å². The van der Waals surface area contributed by atoms with Crippen molar-refractivity contribution in [3.63, 3.8) is 0 Å². The number of benzene rings is 1. The molecule has 1 saturated carbocycles. The summed E-state index contributed by atoms with van der Waals surface area (Å²) < 4.78 is 15.3. The van der Waals surface area contributed by atoms with Gasteiger partial charge in [0.15, 0.2) is 5.65 Å². The van der Waals surface area contributed by atoms with Crippen molar-refractivity contribution < 1.29 is 4.39 Å². The Balaban J connectivity index is 1.48. The molecule has 0 radical (unpaired) electrons. The molecular formula is C22H27ClFN7. The van der Waals surface area contributed by atoms with Crippen LogP contribution in [0.4, 0.5) is 16.2 Å². The number of hydrogen-bond acceptors (Lipinski definition) is 6.